The van der Waals surface area contributed by atoms with E-state index in [1.54, 1.807) is 4.90 Å². The number of amides is 2. The van der Waals surface area contributed by atoms with Gasteiger partial charge in [-0.15, -0.1) is 0 Å². The minimum Gasteiger partial charge on any atom is -0.332 e. The van der Waals surface area contributed by atoms with Crippen LogP contribution in [0.5, 0.6) is 0 Å². The van der Waals surface area contributed by atoms with E-state index in [0.717, 1.165) is 42.9 Å². The molecule has 5 nitrogen and oxygen atoms in total. The fourth-order valence-electron chi connectivity index (χ4n) is 2.78. The van der Waals surface area contributed by atoms with Crippen molar-refractivity contribution >= 4 is 17.5 Å². The van der Waals surface area contributed by atoms with E-state index >= 15 is 0 Å². The number of piperazine rings is 1. The Morgan fingerprint density at radius 3 is 2.41 bits per heavy atom. The van der Waals surface area contributed by atoms with Crippen molar-refractivity contribution in [3.63, 3.8) is 0 Å². The Kier molecular flexibility index (Phi) is 5.55. The van der Waals surface area contributed by atoms with E-state index in [-0.39, 0.29) is 0 Å². The van der Waals surface area contributed by atoms with Crippen molar-refractivity contribution in [3.8, 4) is 0 Å². The highest BCUT2D eigenvalue weighted by molar-refractivity contribution is 6.39. The molecule has 0 aliphatic carbocycles. The number of anilines is 1. The first kappa shape index (κ1) is 16.5. The van der Waals surface area contributed by atoms with Crippen LogP contribution in [0.4, 0.5) is 5.69 Å². The summed E-state index contributed by atoms with van der Waals surface area (Å²) in [5.41, 5.74) is 2.81. The quantitative estimate of drug-likeness (QED) is 0.864. The highest BCUT2D eigenvalue weighted by atomic mass is 16.2. The maximum absolute atomic E-state index is 12.3. The molecular weight excluding hydrogens is 278 g/mol. The van der Waals surface area contributed by atoms with E-state index in [4.69, 9.17) is 0 Å². The summed E-state index contributed by atoms with van der Waals surface area (Å²) in [6, 6.07) is 5.89. The van der Waals surface area contributed by atoms with E-state index in [2.05, 4.69) is 17.1 Å². The number of nitrogens with zero attached hydrogens (tertiary/aromatic N) is 2. The molecule has 0 unspecified atom stereocenters. The summed E-state index contributed by atoms with van der Waals surface area (Å²) in [6.45, 7) is 9.98. The zero-order chi connectivity index (χ0) is 16.1. The molecule has 1 saturated heterocycles. The number of para-hydroxylation sites is 1. The van der Waals surface area contributed by atoms with Crippen molar-refractivity contribution in [3.05, 3.63) is 29.3 Å². The molecule has 0 radical (unpaired) electrons. The Morgan fingerprint density at radius 2 is 1.82 bits per heavy atom. The minimum atomic E-state index is -0.533. The van der Waals surface area contributed by atoms with Gasteiger partial charge >= 0.3 is 11.8 Å². The molecule has 22 heavy (non-hydrogen) atoms. The summed E-state index contributed by atoms with van der Waals surface area (Å²) in [7, 11) is 0. The normalized spacial score (nSPS) is 15.7. The van der Waals surface area contributed by atoms with Crippen molar-refractivity contribution in [2.24, 2.45) is 0 Å². The second-order valence-corrected chi connectivity index (χ2v) is 5.64. The molecule has 5 heteroatoms. The molecule has 0 saturated carbocycles. The summed E-state index contributed by atoms with van der Waals surface area (Å²) in [5.74, 6) is -0.963. The number of carbonyl (C=O) groups excluding carboxylic acids is 2. The molecule has 2 amide bonds. The maximum Gasteiger partial charge on any atom is 0.313 e. The van der Waals surface area contributed by atoms with Crippen LogP contribution in [0, 0.1) is 6.92 Å². The van der Waals surface area contributed by atoms with E-state index in [0.29, 0.717) is 13.1 Å². The molecular formula is C17H25N3O2. The molecule has 1 aromatic rings. The first-order valence-corrected chi connectivity index (χ1v) is 7.97. The number of hydrogen-bond acceptors (Lipinski definition) is 3. The van der Waals surface area contributed by atoms with Crippen molar-refractivity contribution in [2.45, 2.75) is 27.2 Å². The van der Waals surface area contributed by atoms with Crippen LogP contribution in [0.2, 0.25) is 0 Å². The van der Waals surface area contributed by atoms with Crippen molar-refractivity contribution in [2.75, 3.05) is 38.0 Å². The second-order valence-electron chi connectivity index (χ2n) is 5.64. The van der Waals surface area contributed by atoms with Gasteiger partial charge in [-0.05, 0) is 31.0 Å². The van der Waals surface area contributed by atoms with Crippen LogP contribution in [-0.2, 0) is 16.0 Å². The molecule has 1 N–H and O–H groups in total. The Labute approximate surface area is 132 Å². The van der Waals surface area contributed by atoms with E-state index in [9.17, 15) is 9.59 Å². The van der Waals surface area contributed by atoms with Crippen LogP contribution in [0.1, 0.15) is 25.0 Å². The van der Waals surface area contributed by atoms with Crippen LogP contribution >= 0.6 is 0 Å². The molecule has 0 bridgehead atoms. The van der Waals surface area contributed by atoms with Crippen molar-refractivity contribution in [1.82, 2.24) is 9.80 Å². The van der Waals surface area contributed by atoms with Gasteiger partial charge in [-0.3, -0.25) is 9.59 Å². The third kappa shape index (κ3) is 3.65. The van der Waals surface area contributed by atoms with Crippen molar-refractivity contribution < 1.29 is 9.59 Å². The number of carbonyl (C=O) groups is 2. The van der Waals surface area contributed by atoms with Crippen LogP contribution in [0.3, 0.4) is 0 Å². The van der Waals surface area contributed by atoms with Gasteiger partial charge in [0.05, 0.1) is 0 Å². The van der Waals surface area contributed by atoms with E-state index < -0.39 is 11.8 Å². The largest absolute Gasteiger partial charge is 0.332 e. The molecule has 1 heterocycles. The number of hydrogen-bond donors (Lipinski definition) is 1. The van der Waals surface area contributed by atoms with Gasteiger partial charge in [0, 0.05) is 31.9 Å². The molecule has 0 aromatic heterocycles. The number of benzene rings is 1. The van der Waals surface area contributed by atoms with Gasteiger partial charge in [0.1, 0.15) is 0 Å². The summed E-state index contributed by atoms with van der Waals surface area (Å²) < 4.78 is 0. The Morgan fingerprint density at radius 1 is 1.14 bits per heavy atom. The molecule has 1 aliphatic heterocycles. The predicted octanol–water partition coefficient (Wildman–Crippen LogP) is 1.66. The Balaban J connectivity index is 2.02. The lowest BCUT2D eigenvalue weighted by atomic mass is 10.1. The number of aryl methyl sites for hydroxylation is 2. The fraction of sp³-hybridized carbons (Fsp3) is 0.529. The van der Waals surface area contributed by atoms with Gasteiger partial charge < -0.3 is 15.1 Å². The summed E-state index contributed by atoms with van der Waals surface area (Å²) >= 11 is 0. The van der Waals surface area contributed by atoms with Crippen LogP contribution in [-0.4, -0.2) is 54.3 Å². The zero-order valence-corrected chi connectivity index (χ0v) is 13.7. The van der Waals surface area contributed by atoms with Crippen LogP contribution in [0.25, 0.3) is 0 Å². The summed E-state index contributed by atoms with van der Waals surface area (Å²) in [5, 5.41) is 2.81. The third-order valence-electron chi connectivity index (χ3n) is 4.28. The monoisotopic (exact) mass is 303 g/mol. The van der Waals surface area contributed by atoms with Gasteiger partial charge in [-0.2, -0.15) is 0 Å². The number of rotatable bonds is 3. The maximum atomic E-state index is 12.3. The molecule has 120 valence electrons. The van der Waals surface area contributed by atoms with E-state index in [1.165, 1.54) is 0 Å². The van der Waals surface area contributed by atoms with Gasteiger partial charge in [-0.1, -0.05) is 32.0 Å². The topological polar surface area (TPSA) is 52.7 Å². The average Bonchev–Trinajstić information content (AvgIpc) is 2.56. The standard InChI is InChI=1S/C17H25N3O2/c1-4-14-8-6-7-13(3)15(14)18-16(21)17(22)20-11-9-19(5-2)10-12-20/h6-8H,4-5,9-12H2,1-3H3,(H,18,21). The van der Waals surface area contributed by atoms with E-state index in [1.807, 2.05) is 32.0 Å². The first-order valence-electron chi connectivity index (χ1n) is 7.97. The van der Waals surface area contributed by atoms with Crippen LogP contribution < -0.4 is 5.32 Å². The highest BCUT2D eigenvalue weighted by Crippen LogP contribution is 2.21. The van der Waals surface area contributed by atoms with Gasteiger partial charge in [-0.25, -0.2) is 0 Å². The molecule has 0 atom stereocenters. The second kappa shape index (κ2) is 7.40. The van der Waals surface area contributed by atoms with Gasteiger partial charge in [0.2, 0.25) is 0 Å². The molecule has 1 fully saturated rings. The zero-order valence-electron chi connectivity index (χ0n) is 13.7. The third-order valence-corrected chi connectivity index (χ3v) is 4.28. The Hall–Kier alpha value is -1.88. The smallest absolute Gasteiger partial charge is 0.313 e. The number of likely N-dealkylation sites (N-methyl/N-ethyl adjacent to an activating group) is 1. The number of nitrogens with one attached hydrogen (secondary N) is 1. The lowest BCUT2D eigenvalue weighted by Gasteiger charge is -2.33. The van der Waals surface area contributed by atoms with Crippen molar-refractivity contribution in [1.29, 1.82) is 0 Å². The molecule has 1 aliphatic rings. The van der Waals surface area contributed by atoms with Crippen LogP contribution in [0.15, 0.2) is 18.2 Å². The predicted molar refractivity (Wildman–Crippen MR) is 87.9 cm³/mol. The minimum absolute atomic E-state index is 0.430. The first-order chi connectivity index (χ1) is 10.6. The molecule has 2 rings (SSSR count). The van der Waals surface area contributed by atoms with Gasteiger partial charge in [0.25, 0.3) is 0 Å². The lowest BCUT2D eigenvalue weighted by Crippen LogP contribution is -2.51. The summed E-state index contributed by atoms with van der Waals surface area (Å²) in [4.78, 5) is 28.5. The molecule has 1 aromatic carbocycles. The molecule has 0 spiro atoms. The Bertz CT molecular complexity index is 549. The van der Waals surface area contributed by atoms with Gasteiger partial charge in [0.15, 0.2) is 0 Å². The fourth-order valence-corrected chi connectivity index (χ4v) is 2.78. The highest BCUT2D eigenvalue weighted by Gasteiger charge is 2.26. The average molecular weight is 303 g/mol. The lowest BCUT2D eigenvalue weighted by molar-refractivity contribution is -0.144. The summed E-state index contributed by atoms with van der Waals surface area (Å²) in [6.07, 6.45) is 0.820. The SMILES string of the molecule is CCc1cccc(C)c1NC(=O)C(=O)N1CCN(CC)CC1.